The number of aliphatic hydroxyl groups is 2. The van der Waals surface area contributed by atoms with Crippen LogP contribution in [0.2, 0.25) is 0 Å². The van der Waals surface area contributed by atoms with Crippen LogP contribution in [0.3, 0.4) is 0 Å². The maximum absolute atomic E-state index is 12.4. The molecule has 0 amide bonds. The highest BCUT2D eigenvalue weighted by Gasteiger charge is 2.69. The van der Waals surface area contributed by atoms with Crippen molar-refractivity contribution < 1.29 is 48.3 Å². The van der Waals surface area contributed by atoms with Gasteiger partial charge in [0.25, 0.3) is 0 Å². The van der Waals surface area contributed by atoms with Crippen LogP contribution >= 0.6 is 0 Å². The van der Waals surface area contributed by atoms with Crippen molar-refractivity contribution >= 4 is 23.9 Å². The first kappa shape index (κ1) is 31.8. The van der Waals surface area contributed by atoms with Gasteiger partial charge in [0.05, 0.1) is 12.7 Å². The number of carbonyl (C=O) groups is 4. The summed E-state index contributed by atoms with van der Waals surface area (Å²) in [5.41, 5.74) is -4.73. The van der Waals surface area contributed by atoms with Crippen LogP contribution < -0.4 is 0 Å². The summed E-state index contributed by atoms with van der Waals surface area (Å²) < 4.78 is 23.0. The number of carbonyl (C=O) groups excluding carboxylic acids is 4. The minimum Gasteiger partial charge on any atom is -0.465 e. The maximum Gasteiger partial charge on any atom is 0.303 e. The van der Waals surface area contributed by atoms with E-state index in [1.165, 1.54) is 40.7 Å². The van der Waals surface area contributed by atoms with Gasteiger partial charge in [0.15, 0.2) is 0 Å². The van der Waals surface area contributed by atoms with Gasteiger partial charge in [0.2, 0.25) is 0 Å². The molecule has 2 rings (SSSR count). The number of aliphatic hydroxyl groups excluding tert-OH is 1. The van der Waals surface area contributed by atoms with Crippen LogP contribution in [0.15, 0.2) is 12.7 Å². The standard InChI is InChI=1S/C28H44O10/c1-10-26(8,34)23(37-18(4)31)13-21-27(9,38-19(5)32)14-20(36-17(3)30)24-25(6,7)22(33)11-12-28(21,24)15-35-16(2)29/h10,20-24,33-34H,1,11-15H2,2-9H3/t20-,21+,22-,23-,24+,26+,27-,28+/m1/s1. The molecular weight excluding hydrogens is 496 g/mol. The summed E-state index contributed by atoms with van der Waals surface area (Å²) in [6.07, 6.45) is -0.595. The quantitative estimate of drug-likeness (QED) is 0.254. The fraction of sp³-hybridized carbons (Fsp3) is 0.786. The lowest BCUT2D eigenvalue weighted by Gasteiger charge is -2.65. The van der Waals surface area contributed by atoms with Crippen molar-refractivity contribution in [1.29, 1.82) is 0 Å². The molecule has 0 saturated heterocycles. The Bertz CT molecular complexity index is 940. The van der Waals surface area contributed by atoms with E-state index in [0.717, 1.165) is 0 Å². The number of hydrogen-bond acceptors (Lipinski definition) is 10. The van der Waals surface area contributed by atoms with Crippen molar-refractivity contribution in [3.8, 4) is 0 Å². The van der Waals surface area contributed by atoms with E-state index in [2.05, 4.69) is 6.58 Å². The molecule has 0 aromatic heterocycles. The molecule has 2 aliphatic carbocycles. The number of esters is 4. The van der Waals surface area contributed by atoms with Crippen LogP contribution in [0.4, 0.5) is 0 Å². The summed E-state index contributed by atoms with van der Waals surface area (Å²) in [4.78, 5) is 48.8. The van der Waals surface area contributed by atoms with Gasteiger partial charge in [-0.1, -0.05) is 19.9 Å². The van der Waals surface area contributed by atoms with Crippen molar-refractivity contribution in [2.75, 3.05) is 6.61 Å². The zero-order valence-corrected chi connectivity index (χ0v) is 23.9. The predicted molar refractivity (Wildman–Crippen MR) is 136 cm³/mol. The van der Waals surface area contributed by atoms with Gasteiger partial charge in [-0.15, -0.1) is 6.58 Å². The van der Waals surface area contributed by atoms with Gasteiger partial charge in [-0.25, -0.2) is 0 Å². The molecule has 38 heavy (non-hydrogen) atoms. The highest BCUT2D eigenvalue weighted by Crippen LogP contribution is 2.65. The molecule has 10 nitrogen and oxygen atoms in total. The van der Waals surface area contributed by atoms with E-state index in [0.29, 0.717) is 12.8 Å². The normalized spacial score (nSPS) is 34.5. The first-order valence-corrected chi connectivity index (χ1v) is 13.0. The van der Waals surface area contributed by atoms with Crippen molar-refractivity contribution in [2.45, 2.75) is 111 Å². The highest BCUT2D eigenvalue weighted by atomic mass is 16.6. The van der Waals surface area contributed by atoms with Gasteiger partial charge >= 0.3 is 23.9 Å². The maximum atomic E-state index is 12.4. The van der Waals surface area contributed by atoms with E-state index in [1.807, 2.05) is 13.8 Å². The Morgan fingerprint density at radius 2 is 1.66 bits per heavy atom. The molecule has 8 atom stereocenters. The molecule has 0 aromatic carbocycles. The summed E-state index contributed by atoms with van der Waals surface area (Å²) in [5.74, 6) is -3.46. The van der Waals surface area contributed by atoms with Crippen LogP contribution in [-0.2, 0) is 38.1 Å². The van der Waals surface area contributed by atoms with Crippen LogP contribution in [0.25, 0.3) is 0 Å². The second-order valence-electron chi connectivity index (χ2n) is 11.9. The molecule has 0 spiro atoms. The Morgan fingerprint density at radius 1 is 1.05 bits per heavy atom. The van der Waals surface area contributed by atoms with Crippen LogP contribution in [-0.4, -0.2) is 70.2 Å². The summed E-state index contributed by atoms with van der Waals surface area (Å²) in [6, 6.07) is 0. The van der Waals surface area contributed by atoms with E-state index in [4.69, 9.17) is 18.9 Å². The topological polar surface area (TPSA) is 146 Å². The average molecular weight is 541 g/mol. The minimum atomic E-state index is -1.64. The van der Waals surface area contributed by atoms with Gasteiger partial charge in [-0.3, -0.25) is 19.2 Å². The smallest absolute Gasteiger partial charge is 0.303 e. The molecule has 2 fully saturated rings. The number of ether oxygens (including phenoxy) is 4. The van der Waals surface area contributed by atoms with E-state index in [9.17, 15) is 29.4 Å². The van der Waals surface area contributed by atoms with Crippen molar-refractivity contribution in [1.82, 2.24) is 0 Å². The molecule has 0 unspecified atom stereocenters. The zero-order valence-electron chi connectivity index (χ0n) is 23.9. The minimum absolute atomic E-state index is 0.0130. The average Bonchev–Trinajstić information content (AvgIpc) is 2.75. The Kier molecular flexibility index (Phi) is 9.48. The summed E-state index contributed by atoms with van der Waals surface area (Å²) in [6.45, 7) is 15.6. The second-order valence-corrected chi connectivity index (χ2v) is 11.9. The highest BCUT2D eigenvalue weighted by molar-refractivity contribution is 5.68. The van der Waals surface area contributed by atoms with Crippen LogP contribution in [0.1, 0.15) is 81.1 Å². The molecule has 0 aliphatic heterocycles. The molecule has 0 radical (unpaired) electrons. The Hall–Kier alpha value is -2.46. The van der Waals surface area contributed by atoms with Crippen molar-refractivity contribution in [3.63, 3.8) is 0 Å². The summed E-state index contributed by atoms with van der Waals surface area (Å²) in [7, 11) is 0. The lowest BCUT2D eigenvalue weighted by atomic mass is 9.42. The third kappa shape index (κ3) is 6.39. The fourth-order valence-corrected chi connectivity index (χ4v) is 7.09. The van der Waals surface area contributed by atoms with Crippen molar-refractivity contribution in [3.05, 3.63) is 12.7 Å². The second kappa shape index (κ2) is 11.3. The van der Waals surface area contributed by atoms with E-state index in [1.54, 1.807) is 6.92 Å². The van der Waals surface area contributed by atoms with E-state index >= 15 is 0 Å². The molecule has 2 aliphatic rings. The van der Waals surface area contributed by atoms with E-state index in [-0.39, 0.29) is 19.4 Å². The fourth-order valence-electron chi connectivity index (χ4n) is 7.09. The molecule has 216 valence electrons. The molecule has 0 bridgehead atoms. The van der Waals surface area contributed by atoms with Crippen molar-refractivity contribution in [2.24, 2.45) is 22.7 Å². The zero-order chi connectivity index (χ0) is 29.3. The summed E-state index contributed by atoms with van der Waals surface area (Å²) >= 11 is 0. The van der Waals surface area contributed by atoms with E-state index < -0.39 is 76.1 Å². The van der Waals surface area contributed by atoms with Crippen LogP contribution in [0, 0.1) is 22.7 Å². The predicted octanol–water partition coefficient (Wildman–Crippen LogP) is 2.87. The lowest BCUT2D eigenvalue weighted by molar-refractivity contribution is -0.269. The largest absolute Gasteiger partial charge is 0.465 e. The third-order valence-corrected chi connectivity index (χ3v) is 8.63. The first-order valence-electron chi connectivity index (χ1n) is 13.0. The van der Waals surface area contributed by atoms with Gasteiger partial charge in [0, 0.05) is 51.4 Å². The molecule has 0 aromatic rings. The summed E-state index contributed by atoms with van der Waals surface area (Å²) in [5, 5.41) is 22.2. The van der Waals surface area contributed by atoms with Gasteiger partial charge in [-0.2, -0.15) is 0 Å². The number of rotatable bonds is 9. The van der Waals surface area contributed by atoms with Gasteiger partial charge in [0.1, 0.15) is 23.4 Å². The number of fused-ring (bicyclic) bond motifs is 1. The number of hydrogen-bond donors (Lipinski definition) is 2. The first-order chi connectivity index (χ1) is 17.3. The molecule has 2 saturated carbocycles. The molecule has 10 heteroatoms. The Labute approximate surface area is 225 Å². The van der Waals surface area contributed by atoms with Crippen LogP contribution in [0.5, 0.6) is 0 Å². The molecule has 0 heterocycles. The Morgan fingerprint density at radius 3 is 2.13 bits per heavy atom. The monoisotopic (exact) mass is 540 g/mol. The lowest BCUT2D eigenvalue weighted by Crippen LogP contribution is -2.69. The molecular formula is C28H44O10. The van der Waals surface area contributed by atoms with Gasteiger partial charge in [-0.05, 0) is 38.5 Å². The third-order valence-electron chi connectivity index (χ3n) is 8.63. The molecule has 2 N–H and O–H groups in total. The SMILES string of the molecule is C=C[C@](C)(O)[C@@H](C[C@@H]1[C@@]2(COC(C)=O)CC[C@@H](O)C(C)(C)[C@@H]2[C@H](OC(C)=O)C[C@@]1(C)OC(C)=O)OC(C)=O. The Balaban J connectivity index is 2.87. The van der Waals surface area contributed by atoms with Gasteiger partial charge < -0.3 is 29.2 Å².